The first kappa shape index (κ1) is 23.9. The summed E-state index contributed by atoms with van der Waals surface area (Å²) < 4.78 is 20.9. The van der Waals surface area contributed by atoms with Crippen molar-refractivity contribution in [3.8, 4) is 0 Å². The molecule has 0 unspecified atom stereocenters. The van der Waals surface area contributed by atoms with Crippen molar-refractivity contribution in [1.29, 1.82) is 0 Å². The topological polar surface area (TPSA) is 71.1 Å². The summed E-state index contributed by atoms with van der Waals surface area (Å²) in [5.74, 6) is -0.456. The summed E-state index contributed by atoms with van der Waals surface area (Å²) in [6.45, 7) is 7.46. The molecule has 0 saturated carbocycles. The van der Waals surface area contributed by atoms with E-state index in [2.05, 4.69) is 13.8 Å². The third kappa shape index (κ3) is 19.0. The fourth-order valence-electron chi connectivity index (χ4n) is 1.94. The minimum atomic E-state index is -0.239. The van der Waals surface area contributed by atoms with Gasteiger partial charge in [-0.25, -0.2) is 0 Å². The molecule has 148 valence electrons. The first-order valence-corrected chi connectivity index (χ1v) is 9.67. The second-order valence-electron chi connectivity index (χ2n) is 5.93. The van der Waals surface area contributed by atoms with Gasteiger partial charge in [-0.15, -0.1) is 0 Å². The van der Waals surface area contributed by atoms with E-state index in [9.17, 15) is 9.59 Å². The highest BCUT2D eigenvalue weighted by molar-refractivity contribution is 5.70. The van der Waals surface area contributed by atoms with Crippen molar-refractivity contribution < 1.29 is 28.5 Å². The van der Waals surface area contributed by atoms with Gasteiger partial charge in [0, 0.05) is 39.1 Å². The molecule has 0 aliphatic rings. The monoisotopic (exact) mass is 360 g/mol. The van der Waals surface area contributed by atoms with Crippen LogP contribution in [0.3, 0.4) is 0 Å². The van der Waals surface area contributed by atoms with Crippen LogP contribution in [0.5, 0.6) is 0 Å². The lowest BCUT2D eigenvalue weighted by molar-refractivity contribution is -0.147. The molecule has 0 aliphatic carbocycles. The largest absolute Gasteiger partial charge is 0.466 e. The molecule has 0 spiro atoms. The Labute approximate surface area is 152 Å². The van der Waals surface area contributed by atoms with Gasteiger partial charge in [0.1, 0.15) is 6.61 Å². The van der Waals surface area contributed by atoms with Gasteiger partial charge in [-0.05, 0) is 25.7 Å². The van der Waals surface area contributed by atoms with Gasteiger partial charge in [-0.3, -0.25) is 9.59 Å². The highest BCUT2D eigenvalue weighted by atomic mass is 16.6. The molecule has 0 aromatic rings. The van der Waals surface area contributed by atoms with Crippen LogP contribution >= 0.6 is 0 Å². The van der Waals surface area contributed by atoms with Crippen LogP contribution in [0.15, 0.2) is 0 Å². The predicted octanol–water partition coefficient (Wildman–Crippen LogP) is 3.66. The highest BCUT2D eigenvalue weighted by Gasteiger charge is 2.06. The van der Waals surface area contributed by atoms with E-state index in [0.717, 1.165) is 38.7 Å². The minimum absolute atomic E-state index is 0.216. The molecule has 0 saturated heterocycles. The molecule has 0 rings (SSSR count). The van der Waals surface area contributed by atoms with Crippen molar-refractivity contribution in [2.45, 2.75) is 71.6 Å². The lowest BCUT2D eigenvalue weighted by atomic mass is 10.2. The van der Waals surface area contributed by atoms with Crippen molar-refractivity contribution in [1.82, 2.24) is 0 Å². The van der Waals surface area contributed by atoms with Gasteiger partial charge in [0.25, 0.3) is 0 Å². The summed E-state index contributed by atoms with van der Waals surface area (Å²) in [4.78, 5) is 23.0. The summed E-state index contributed by atoms with van der Waals surface area (Å²) in [6.07, 6.45) is 6.95. The third-order valence-corrected chi connectivity index (χ3v) is 3.48. The van der Waals surface area contributed by atoms with E-state index in [0.29, 0.717) is 58.7 Å². The second kappa shape index (κ2) is 19.2. The Bertz CT molecular complexity index is 319. The first-order chi connectivity index (χ1) is 12.2. The number of rotatable bonds is 18. The lowest BCUT2D eigenvalue weighted by Gasteiger charge is -2.07. The van der Waals surface area contributed by atoms with E-state index in [1.165, 1.54) is 0 Å². The summed E-state index contributed by atoms with van der Waals surface area (Å²) >= 11 is 0. The summed E-state index contributed by atoms with van der Waals surface area (Å²) in [6, 6.07) is 0. The van der Waals surface area contributed by atoms with Crippen LogP contribution in [0.25, 0.3) is 0 Å². The van der Waals surface area contributed by atoms with Crippen LogP contribution in [0.2, 0.25) is 0 Å². The molecule has 0 radical (unpaired) electrons. The molecule has 25 heavy (non-hydrogen) atoms. The molecule has 6 nitrogen and oxygen atoms in total. The molecule has 0 aliphatic heterocycles. The van der Waals surface area contributed by atoms with Crippen LogP contribution < -0.4 is 0 Å². The fraction of sp³-hybridized carbons (Fsp3) is 0.895. The average Bonchev–Trinajstić information content (AvgIpc) is 2.61. The maximum Gasteiger partial charge on any atom is 0.305 e. The van der Waals surface area contributed by atoms with Crippen molar-refractivity contribution in [3.63, 3.8) is 0 Å². The molecule has 0 aromatic carbocycles. The van der Waals surface area contributed by atoms with Crippen molar-refractivity contribution >= 4 is 11.9 Å². The number of unbranched alkanes of at least 4 members (excludes halogenated alkanes) is 3. The van der Waals surface area contributed by atoms with Gasteiger partial charge in [-0.1, -0.05) is 26.7 Å². The molecule has 0 amide bonds. The van der Waals surface area contributed by atoms with E-state index < -0.39 is 0 Å². The molecule has 0 aromatic heterocycles. The Kier molecular flexibility index (Phi) is 18.3. The van der Waals surface area contributed by atoms with Crippen molar-refractivity contribution in [2.24, 2.45) is 0 Å². The van der Waals surface area contributed by atoms with Crippen molar-refractivity contribution in [3.05, 3.63) is 0 Å². The zero-order chi connectivity index (χ0) is 18.6. The Morgan fingerprint density at radius 1 is 0.560 bits per heavy atom. The van der Waals surface area contributed by atoms with Gasteiger partial charge in [0.2, 0.25) is 0 Å². The molecule has 0 fully saturated rings. The van der Waals surface area contributed by atoms with Gasteiger partial charge < -0.3 is 18.9 Å². The minimum Gasteiger partial charge on any atom is -0.466 e. The molecular formula is C19H36O6. The van der Waals surface area contributed by atoms with E-state index in [-0.39, 0.29) is 11.9 Å². The second-order valence-corrected chi connectivity index (χ2v) is 5.93. The number of esters is 2. The zero-order valence-electron chi connectivity index (χ0n) is 16.1. The molecule has 0 atom stereocenters. The number of carbonyl (C=O) groups is 2. The Hall–Kier alpha value is -1.14. The standard InChI is InChI=1S/C19H36O6/c1-3-5-12-22-14-9-15-24-18(20)10-7-8-11-19(21)25-17-16-23-13-6-4-2/h3-17H2,1-2H3. The summed E-state index contributed by atoms with van der Waals surface area (Å²) in [5, 5.41) is 0. The SMILES string of the molecule is CCCCOCCCOC(=O)CCCCC(=O)OCCOCCCC. The van der Waals surface area contributed by atoms with E-state index in [1.807, 2.05) is 0 Å². The molecule has 0 heterocycles. The van der Waals surface area contributed by atoms with Crippen LogP contribution in [-0.2, 0) is 28.5 Å². The molecular weight excluding hydrogens is 324 g/mol. The first-order valence-electron chi connectivity index (χ1n) is 9.67. The summed E-state index contributed by atoms with van der Waals surface area (Å²) in [7, 11) is 0. The number of ether oxygens (including phenoxy) is 4. The Balaban J connectivity index is 3.31. The predicted molar refractivity (Wildman–Crippen MR) is 96.5 cm³/mol. The fourth-order valence-corrected chi connectivity index (χ4v) is 1.94. The quantitative estimate of drug-likeness (QED) is 0.274. The zero-order valence-corrected chi connectivity index (χ0v) is 16.1. The highest BCUT2D eigenvalue weighted by Crippen LogP contribution is 2.03. The molecule has 0 bridgehead atoms. The number of carbonyl (C=O) groups excluding carboxylic acids is 2. The van der Waals surface area contributed by atoms with Gasteiger partial charge >= 0.3 is 11.9 Å². The number of hydrogen-bond acceptors (Lipinski definition) is 6. The van der Waals surface area contributed by atoms with Crippen LogP contribution in [-0.4, -0.2) is 51.6 Å². The Morgan fingerprint density at radius 3 is 1.60 bits per heavy atom. The Morgan fingerprint density at radius 2 is 1.04 bits per heavy atom. The average molecular weight is 360 g/mol. The maximum atomic E-state index is 11.5. The van der Waals surface area contributed by atoms with E-state index in [1.54, 1.807) is 0 Å². The lowest BCUT2D eigenvalue weighted by Crippen LogP contribution is -2.11. The van der Waals surface area contributed by atoms with Crippen LogP contribution in [0.4, 0.5) is 0 Å². The maximum absolute atomic E-state index is 11.5. The summed E-state index contributed by atoms with van der Waals surface area (Å²) in [5.41, 5.74) is 0. The van der Waals surface area contributed by atoms with Gasteiger partial charge in [0.05, 0.1) is 13.2 Å². The third-order valence-electron chi connectivity index (χ3n) is 3.48. The van der Waals surface area contributed by atoms with Gasteiger partial charge in [-0.2, -0.15) is 0 Å². The number of hydrogen-bond donors (Lipinski definition) is 0. The van der Waals surface area contributed by atoms with Crippen molar-refractivity contribution in [2.75, 3.05) is 39.6 Å². The molecule has 0 N–H and O–H groups in total. The van der Waals surface area contributed by atoms with E-state index in [4.69, 9.17) is 18.9 Å². The smallest absolute Gasteiger partial charge is 0.305 e. The van der Waals surface area contributed by atoms with Crippen LogP contribution in [0.1, 0.15) is 71.6 Å². The van der Waals surface area contributed by atoms with E-state index >= 15 is 0 Å². The molecule has 6 heteroatoms. The normalized spacial score (nSPS) is 10.6. The van der Waals surface area contributed by atoms with Gasteiger partial charge in [0.15, 0.2) is 0 Å². The van der Waals surface area contributed by atoms with Crippen LogP contribution in [0, 0.1) is 0 Å².